The molecule has 0 atom stereocenters. The van der Waals surface area contributed by atoms with Crippen molar-refractivity contribution in [2.75, 3.05) is 7.11 Å². The summed E-state index contributed by atoms with van der Waals surface area (Å²) in [5, 5.41) is 3.01. The summed E-state index contributed by atoms with van der Waals surface area (Å²) >= 11 is 0. The lowest BCUT2D eigenvalue weighted by Crippen LogP contribution is -2.39. The maximum atomic E-state index is 11.9. The molecule has 0 saturated heterocycles. The molecule has 1 N–H and O–H groups in total. The average Bonchev–Trinajstić information content (AvgIpc) is 2.32. The molecular formula is C14H17NO2. The Morgan fingerprint density at radius 2 is 2.29 bits per heavy atom. The molecule has 1 fully saturated rings. The van der Waals surface area contributed by atoms with Gasteiger partial charge in [0.05, 0.1) is 7.11 Å². The van der Waals surface area contributed by atoms with E-state index in [4.69, 9.17) is 4.74 Å². The number of carbonyl (C=O) groups excluding carboxylic acids is 1. The number of ether oxygens (including phenoxy) is 1. The van der Waals surface area contributed by atoms with Crippen LogP contribution in [0.1, 0.15) is 35.2 Å². The minimum Gasteiger partial charge on any atom is -0.496 e. The highest BCUT2D eigenvalue weighted by Gasteiger charge is 2.20. The summed E-state index contributed by atoms with van der Waals surface area (Å²) < 4.78 is 5.18. The van der Waals surface area contributed by atoms with Crippen molar-refractivity contribution >= 4 is 12.0 Å². The van der Waals surface area contributed by atoms with Gasteiger partial charge in [-0.05, 0) is 37.5 Å². The number of hydrogen-bond acceptors (Lipinski definition) is 2. The molecule has 1 aromatic rings. The van der Waals surface area contributed by atoms with E-state index >= 15 is 0 Å². The maximum absolute atomic E-state index is 11.9. The number of methoxy groups -OCH3 is 1. The fraction of sp³-hybridized carbons (Fsp3) is 0.357. The molecule has 1 amide bonds. The molecule has 1 aromatic carbocycles. The van der Waals surface area contributed by atoms with Gasteiger partial charge in [-0.3, -0.25) is 4.79 Å². The van der Waals surface area contributed by atoms with Crippen LogP contribution in [0.4, 0.5) is 0 Å². The van der Waals surface area contributed by atoms with E-state index in [1.807, 2.05) is 0 Å². The third-order valence-electron chi connectivity index (χ3n) is 3.15. The molecule has 3 nitrogen and oxygen atoms in total. The fourth-order valence-corrected chi connectivity index (χ4v) is 1.86. The van der Waals surface area contributed by atoms with Crippen LogP contribution < -0.4 is 10.1 Å². The standard InChI is InChI=1S/C14H17NO2/c1-3-10-9-11(7-8-13(10)17-2)14(16)15-12-5-4-6-12/h3,7-9,12H,1,4-6H2,2H3,(H,15,16). The third kappa shape index (κ3) is 2.49. The van der Waals surface area contributed by atoms with Crippen LogP contribution >= 0.6 is 0 Å². The second-order valence-corrected chi connectivity index (χ2v) is 4.26. The molecule has 2 rings (SSSR count). The summed E-state index contributed by atoms with van der Waals surface area (Å²) in [5.41, 5.74) is 1.50. The van der Waals surface area contributed by atoms with E-state index in [-0.39, 0.29) is 5.91 Å². The van der Waals surface area contributed by atoms with E-state index < -0.39 is 0 Å². The Morgan fingerprint density at radius 3 is 2.82 bits per heavy atom. The predicted octanol–water partition coefficient (Wildman–Crippen LogP) is 2.62. The Bertz CT molecular complexity index is 436. The van der Waals surface area contributed by atoms with Gasteiger partial charge >= 0.3 is 0 Å². The van der Waals surface area contributed by atoms with Gasteiger partial charge in [0.2, 0.25) is 0 Å². The zero-order valence-corrected chi connectivity index (χ0v) is 10.0. The summed E-state index contributed by atoms with van der Waals surface area (Å²) in [6, 6.07) is 5.74. The summed E-state index contributed by atoms with van der Waals surface area (Å²) in [6.45, 7) is 3.72. The maximum Gasteiger partial charge on any atom is 0.251 e. The van der Waals surface area contributed by atoms with E-state index in [0.717, 1.165) is 24.2 Å². The van der Waals surface area contributed by atoms with Crippen molar-refractivity contribution in [1.82, 2.24) is 5.32 Å². The molecule has 0 unspecified atom stereocenters. The Kier molecular flexibility index (Phi) is 3.47. The molecule has 1 aliphatic carbocycles. The quantitative estimate of drug-likeness (QED) is 0.865. The first kappa shape index (κ1) is 11.7. The molecular weight excluding hydrogens is 214 g/mol. The minimum atomic E-state index is -0.0135. The molecule has 0 spiro atoms. The zero-order valence-electron chi connectivity index (χ0n) is 10.0. The van der Waals surface area contributed by atoms with Gasteiger partial charge in [0.25, 0.3) is 5.91 Å². The van der Waals surface area contributed by atoms with Crippen LogP contribution in [-0.4, -0.2) is 19.1 Å². The Balaban J connectivity index is 2.14. The van der Waals surface area contributed by atoms with Crippen molar-refractivity contribution in [3.8, 4) is 5.75 Å². The van der Waals surface area contributed by atoms with E-state index in [1.54, 1.807) is 31.4 Å². The molecule has 0 aliphatic heterocycles. The van der Waals surface area contributed by atoms with Gasteiger partial charge < -0.3 is 10.1 Å². The van der Waals surface area contributed by atoms with Gasteiger partial charge in [-0.15, -0.1) is 0 Å². The van der Waals surface area contributed by atoms with Crippen molar-refractivity contribution in [2.24, 2.45) is 0 Å². The fourth-order valence-electron chi connectivity index (χ4n) is 1.86. The Morgan fingerprint density at radius 1 is 1.53 bits per heavy atom. The molecule has 0 aromatic heterocycles. The van der Waals surface area contributed by atoms with Crippen molar-refractivity contribution in [2.45, 2.75) is 25.3 Å². The monoisotopic (exact) mass is 231 g/mol. The second-order valence-electron chi connectivity index (χ2n) is 4.26. The van der Waals surface area contributed by atoms with Gasteiger partial charge in [-0.25, -0.2) is 0 Å². The number of hydrogen-bond donors (Lipinski definition) is 1. The molecule has 17 heavy (non-hydrogen) atoms. The second kappa shape index (κ2) is 5.04. The van der Waals surface area contributed by atoms with E-state index in [2.05, 4.69) is 11.9 Å². The number of nitrogens with one attached hydrogen (secondary N) is 1. The van der Waals surface area contributed by atoms with Gasteiger partial charge in [0.1, 0.15) is 5.75 Å². The first-order chi connectivity index (χ1) is 8.24. The summed E-state index contributed by atoms with van der Waals surface area (Å²) in [6.07, 6.45) is 5.09. The predicted molar refractivity (Wildman–Crippen MR) is 68.2 cm³/mol. The molecule has 0 bridgehead atoms. The lowest BCUT2D eigenvalue weighted by molar-refractivity contribution is 0.0917. The van der Waals surface area contributed by atoms with Gasteiger partial charge in [-0.2, -0.15) is 0 Å². The number of rotatable bonds is 4. The van der Waals surface area contributed by atoms with Crippen molar-refractivity contribution < 1.29 is 9.53 Å². The van der Waals surface area contributed by atoms with Crippen LogP contribution in [0.25, 0.3) is 6.08 Å². The van der Waals surface area contributed by atoms with Crippen LogP contribution in [0, 0.1) is 0 Å². The molecule has 90 valence electrons. The lowest BCUT2D eigenvalue weighted by atomic mass is 9.93. The first-order valence-corrected chi connectivity index (χ1v) is 5.86. The summed E-state index contributed by atoms with van der Waals surface area (Å²) in [4.78, 5) is 11.9. The van der Waals surface area contributed by atoms with Gasteiger partial charge in [-0.1, -0.05) is 12.7 Å². The third-order valence-corrected chi connectivity index (χ3v) is 3.15. The highest BCUT2D eigenvalue weighted by Crippen LogP contribution is 2.22. The largest absolute Gasteiger partial charge is 0.496 e. The minimum absolute atomic E-state index is 0.0135. The molecule has 0 heterocycles. The number of amides is 1. The average molecular weight is 231 g/mol. The molecule has 3 heteroatoms. The lowest BCUT2D eigenvalue weighted by Gasteiger charge is -2.26. The summed E-state index contributed by atoms with van der Waals surface area (Å²) in [7, 11) is 1.61. The van der Waals surface area contributed by atoms with Gasteiger partial charge in [0.15, 0.2) is 0 Å². The number of carbonyl (C=O) groups is 1. The highest BCUT2D eigenvalue weighted by atomic mass is 16.5. The smallest absolute Gasteiger partial charge is 0.251 e. The van der Waals surface area contributed by atoms with Crippen LogP contribution in [0.15, 0.2) is 24.8 Å². The van der Waals surface area contributed by atoms with E-state index in [0.29, 0.717) is 11.6 Å². The van der Waals surface area contributed by atoms with Crippen LogP contribution in [-0.2, 0) is 0 Å². The number of benzene rings is 1. The molecule has 0 radical (unpaired) electrons. The highest BCUT2D eigenvalue weighted by molar-refractivity contribution is 5.95. The summed E-state index contributed by atoms with van der Waals surface area (Å²) in [5.74, 6) is 0.723. The van der Waals surface area contributed by atoms with E-state index in [1.165, 1.54) is 6.42 Å². The topological polar surface area (TPSA) is 38.3 Å². The first-order valence-electron chi connectivity index (χ1n) is 5.86. The Hall–Kier alpha value is -1.77. The van der Waals surface area contributed by atoms with Crippen molar-refractivity contribution in [3.63, 3.8) is 0 Å². The molecule has 1 saturated carbocycles. The van der Waals surface area contributed by atoms with E-state index in [9.17, 15) is 4.79 Å². The zero-order chi connectivity index (χ0) is 12.3. The van der Waals surface area contributed by atoms with Crippen LogP contribution in [0.5, 0.6) is 5.75 Å². The normalized spacial score (nSPS) is 14.9. The molecule has 1 aliphatic rings. The van der Waals surface area contributed by atoms with Crippen molar-refractivity contribution in [3.05, 3.63) is 35.9 Å². The SMILES string of the molecule is C=Cc1cc(C(=O)NC2CCC2)ccc1OC. The van der Waals surface area contributed by atoms with Crippen molar-refractivity contribution in [1.29, 1.82) is 0 Å². The van der Waals surface area contributed by atoms with Crippen LogP contribution in [0.2, 0.25) is 0 Å². The Labute approximate surface area is 101 Å². The van der Waals surface area contributed by atoms with Crippen LogP contribution in [0.3, 0.4) is 0 Å². The van der Waals surface area contributed by atoms with Gasteiger partial charge in [0, 0.05) is 17.2 Å².